The monoisotopic (exact) mass is 444 g/mol. The SMILES string of the molecule is CC(=O)C(CC(=O)OC(C)(C)C)c1ccc(OCc2cccc(-c3ccc(C)cc3)c2)cc1. The number of hydrogen-bond acceptors (Lipinski definition) is 4. The smallest absolute Gasteiger partial charge is 0.307 e. The highest BCUT2D eigenvalue weighted by atomic mass is 16.6. The lowest BCUT2D eigenvalue weighted by atomic mass is 9.92. The van der Waals surface area contributed by atoms with E-state index in [1.807, 2.05) is 57.2 Å². The molecule has 0 aliphatic carbocycles. The quantitative estimate of drug-likeness (QED) is 0.365. The summed E-state index contributed by atoms with van der Waals surface area (Å²) < 4.78 is 11.4. The van der Waals surface area contributed by atoms with Crippen molar-refractivity contribution in [2.24, 2.45) is 0 Å². The lowest BCUT2D eigenvalue weighted by Crippen LogP contribution is -2.26. The molecular formula is C29H32O4. The minimum atomic E-state index is -0.577. The first-order valence-electron chi connectivity index (χ1n) is 11.2. The van der Waals surface area contributed by atoms with Crippen molar-refractivity contribution >= 4 is 11.8 Å². The first-order chi connectivity index (χ1) is 15.6. The van der Waals surface area contributed by atoms with Crippen LogP contribution < -0.4 is 4.74 Å². The van der Waals surface area contributed by atoms with E-state index in [2.05, 4.69) is 43.3 Å². The van der Waals surface area contributed by atoms with Crippen LogP contribution in [0.25, 0.3) is 11.1 Å². The number of rotatable bonds is 8. The Morgan fingerprint density at radius 3 is 2.15 bits per heavy atom. The van der Waals surface area contributed by atoms with Gasteiger partial charge in [-0.05, 0) is 75.1 Å². The van der Waals surface area contributed by atoms with E-state index >= 15 is 0 Å². The minimum absolute atomic E-state index is 0.0264. The van der Waals surface area contributed by atoms with Gasteiger partial charge in [0.05, 0.1) is 12.3 Å². The van der Waals surface area contributed by atoms with Crippen LogP contribution in [0.1, 0.15) is 56.7 Å². The molecule has 0 N–H and O–H groups in total. The second-order valence-corrected chi connectivity index (χ2v) is 9.38. The van der Waals surface area contributed by atoms with Crippen molar-refractivity contribution in [3.63, 3.8) is 0 Å². The zero-order valence-corrected chi connectivity index (χ0v) is 20.1. The third kappa shape index (κ3) is 7.31. The van der Waals surface area contributed by atoms with E-state index in [0.29, 0.717) is 12.4 Å². The molecule has 0 radical (unpaired) electrons. The molecule has 0 aromatic heterocycles. The van der Waals surface area contributed by atoms with E-state index in [0.717, 1.165) is 16.7 Å². The summed E-state index contributed by atoms with van der Waals surface area (Å²) in [6.07, 6.45) is 0.0264. The van der Waals surface area contributed by atoms with Crippen LogP contribution in [0.5, 0.6) is 5.75 Å². The van der Waals surface area contributed by atoms with Crippen molar-refractivity contribution in [2.45, 2.75) is 59.2 Å². The van der Waals surface area contributed by atoms with Crippen LogP contribution in [-0.4, -0.2) is 17.4 Å². The summed E-state index contributed by atoms with van der Waals surface area (Å²) in [7, 11) is 0. The largest absolute Gasteiger partial charge is 0.489 e. The fourth-order valence-electron chi connectivity index (χ4n) is 3.60. The number of ketones is 1. The molecule has 1 unspecified atom stereocenters. The van der Waals surface area contributed by atoms with Crippen LogP contribution in [-0.2, 0) is 20.9 Å². The van der Waals surface area contributed by atoms with Crippen molar-refractivity contribution in [1.29, 1.82) is 0 Å². The van der Waals surface area contributed by atoms with Crippen LogP contribution in [0.15, 0.2) is 72.8 Å². The fraction of sp³-hybridized carbons (Fsp3) is 0.310. The van der Waals surface area contributed by atoms with Crippen LogP contribution in [0.2, 0.25) is 0 Å². The molecule has 3 aromatic rings. The molecule has 33 heavy (non-hydrogen) atoms. The maximum Gasteiger partial charge on any atom is 0.307 e. The van der Waals surface area contributed by atoms with Gasteiger partial charge < -0.3 is 9.47 Å². The molecule has 0 bridgehead atoms. The molecule has 1 atom stereocenters. The predicted molar refractivity (Wildman–Crippen MR) is 131 cm³/mol. The Labute approximate surface area is 196 Å². The predicted octanol–water partition coefficient (Wildman–Crippen LogP) is 6.65. The molecule has 3 rings (SSSR count). The van der Waals surface area contributed by atoms with Crippen LogP contribution in [0, 0.1) is 6.92 Å². The highest BCUT2D eigenvalue weighted by Crippen LogP contribution is 2.26. The molecule has 0 aliphatic heterocycles. The van der Waals surface area contributed by atoms with Crippen LogP contribution >= 0.6 is 0 Å². The van der Waals surface area contributed by atoms with E-state index in [1.165, 1.54) is 18.1 Å². The summed E-state index contributed by atoms with van der Waals surface area (Å²) in [4.78, 5) is 24.4. The van der Waals surface area contributed by atoms with Gasteiger partial charge in [0.15, 0.2) is 0 Å². The first kappa shape index (κ1) is 24.2. The number of hydrogen-bond donors (Lipinski definition) is 0. The summed E-state index contributed by atoms with van der Waals surface area (Å²) in [5.74, 6) is -0.266. The van der Waals surface area contributed by atoms with Crippen LogP contribution in [0.3, 0.4) is 0 Å². The average molecular weight is 445 g/mol. The zero-order valence-electron chi connectivity index (χ0n) is 20.1. The molecule has 4 nitrogen and oxygen atoms in total. The number of aryl methyl sites for hydroxylation is 1. The minimum Gasteiger partial charge on any atom is -0.489 e. The van der Waals surface area contributed by atoms with E-state index in [1.54, 1.807) is 0 Å². The maximum absolute atomic E-state index is 12.2. The lowest BCUT2D eigenvalue weighted by molar-refractivity contribution is -0.156. The Hall–Kier alpha value is -3.40. The lowest BCUT2D eigenvalue weighted by Gasteiger charge is -2.21. The van der Waals surface area contributed by atoms with Gasteiger partial charge in [-0.3, -0.25) is 9.59 Å². The summed E-state index contributed by atoms with van der Waals surface area (Å²) in [6.45, 7) is 9.46. The Bertz CT molecular complexity index is 1090. The summed E-state index contributed by atoms with van der Waals surface area (Å²) in [6, 6.07) is 24.1. The molecule has 0 heterocycles. The second-order valence-electron chi connectivity index (χ2n) is 9.38. The highest BCUT2D eigenvalue weighted by molar-refractivity contribution is 5.88. The van der Waals surface area contributed by atoms with Gasteiger partial charge in [0, 0.05) is 0 Å². The molecule has 0 amide bonds. The molecule has 0 spiro atoms. The van der Waals surface area contributed by atoms with Gasteiger partial charge in [0.1, 0.15) is 23.7 Å². The molecule has 172 valence electrons. The van der Waals surface area contributed by atoms with Gasteiger partial charge in [-0.1, -0.05) is 60.2 Å². The van der Waals surface area contributed by atoms with Gasteiger partial charge in [0.2, 0.25) is 0 Å². The standard InChI is InChI=1S/C29H32O4/c1-20-9-11-23(12-10-20)25-8-6-7-22(17-25)19-32-26-15-13-24(14-16-26)27(21(2)30)18-28(31)33-29(3,4)5/h6-17,27H,18-19H2,1-5H3. The summed E-state index contributed by atoms with van der Waals surface area (Å²) >= 11 is 0. The second kappa shape index (κ2) is 10.5. The molecule has 0 fully saturated rings. The molecule has 4 heteroatoms. The number of esters is 1. The fourth-order valence-corrected chi connectivity index (χ4v) is 3.60. The number of ether oxygens (including phenoxy) is 2. The van der Waals surface area contributed by atoms with E-state index < -0.39 is 11.5 Å². The Balaban J connectivity index is 1.64. The van der Waals surface area contributed by atoms with Crippen molar-refractivity contribution < 1.29 is 19.1 Å². The van der Waals surface area contributed by atoms with E-state index in [-0.39, 0.29) is 18.2 Å². The summed E-state index contributed by atoms with van der Waals surface area (Å²) in [5, 5.41) is 0. The Morgan fingerprint density at radius 1 is 0.879 bits per heavy atom. The van der Waals surface area contributed by atoms with Crippen molar-refractivity contribution in [3.05, 3.63) is 89.5 Å². The zero-order chi connectivity index (χ0) is 24.0. The van der Waals surface area contributed by atoms with Gasteiger partial charge in [-0.15, -0.1) is 0 Å². The Morgan fingerprint density at radius 2 is 1.55 bits per heavy atom. The maximum atomic E-state index is 12.2. The Kier molecular flexibility index (Phi) is 7.70. The van der Waals surface area contributed by atoms with Gasteiger partial charge in [-0.25, -0.2) is 0 Å². The number of Topliss-reactive ketones (excluding diaryl/α,β-unsaturated/α-hetero) is 1. The molecule has 3 aromatic carbocycles. The number of carbonyl (C=O) groups is 2. The van der Waals surface area contributed by atoms with Gasteiger partial charge >= 0.3 is 5.97 Å². The molecule has 0 saturated heterocycles. The van der Waals surface area contributed by atoms with Gasteiger partial charge in [0.25, 0.3) is 0 Å². The van der Waals surface area contributed by atoms with Gasteiger partial charge in [-0.2, -0.15) is 0 Å². The number of benzene rings is 3. The summed E-state index contributed by atoms with van der Waals surface area (Å²) in [5.41, 5.74) is 4.84. The number of carbonyl (C=O) groups excluding carboxylic acids is 2. The van der Waals surface area contributed by atoms with Crippen LogP contribution in [0.4, 0.5) is 0 Å². The van der Waals surface area contributed by atoms with Crippen molar-refractivity contribution in [2.75, 3.05) is 0 Å². The van der Waals surface area contributed by atoms with E-state index in [4.69, 9.17) is 9.47 Å². The molecule has 0 aliphatic rings. The molecule has 0 saturated carbocycles. The third-order valence-corrected chi connectivity index (χ3v) is 5.28. The first-order valence-corrected chi connectivity index (χ1v) is 11.2. The molecular weight excluding hydrogens is 412 g/mol. The van der Waals surface area contributed by atoms with Crippen molar-refractivity contribution in [3.8, 4) is 16.9 Å². The topological polar surface area (TPSA) is 52.6 Å². The highest BCUT2D eigenvalue weighted by Gasteiger charge is 2.24. The average Bonchev–Trinajstić information content (AvgIpc) is 2.76. The van der Waals surface area contributed by atoms with E-state index in [9.17, 15) is 9.59 Å². The normalized spacial score (nSPS) is 12.2. The third-order valence-electron chi connectivity index (χ3n) is 5.28. The van der Waals surface area contributed by atoms with Crippen molar-refractivity contribution in [1.82, 2.24) is 0 Å².